The van der Waals surface area contributed by atoms with Crippen LogP contribution < -0.4 is 20.9 Å². The molecule has 5 rings (SSSR count). The minimum Gasteiger partial charge on any atom is -0.378 e. The van der Waals surface area contributed by atoms with Crippen LogP contribution in [-0.2, 0) is 4.74 Å². The van der Waals surface area contributed by atoms with Gasteiger partial charge in [0, 0.05) is 32.2 Å². The fourth-order valence-electron chi connectivity index (χ4n) is 4.65. The molecule has 36 heavy (non-hydrogen) atoms. The van der Waals surface area contributed by atoms with Gasteiger partial charge in [0.15, 0.2) is 5.82 Å². The number of amides is 2. The number of urea groups is 1. The van der Waals surface area contributed by atoms with Crippen LogP contribution in [0.5, 0.6) is 0 Å². The van der Waals surface area contributed by atoms with E-state index in [1.54, 1.807) is 31.3 Å². The molecule has 0 unspecified atom stereocenters. The third-order valence-corrected chi connectivity index (χ3v) is 6.51. The number of nitrogens with zero attached hydrogens (tertiary/aromatic N) is 6. The summed E-state index contributed by atoms with van der Waals surface area (Å²) in [5.41, 5.74) is 0.941. The molecule has 3 heterocycles. The first-order chi connectivity index (χ1) is 17.5. The van der Waals surface area contributed by atoms with E-state index in [0.29, 0.717) is 49.2 Å². The summed E-state index contributed by atoms with van der Waals surface area (Å²) in [4.78, 5) is 31.5. The van der Waals surface area contributed by atoms with E-state index in [-0.39, 0.29) is 24.1 Å². The Hall–Kier alpha value is -3.61. The maximum atomic E-state index is 14.0. The minimum absolute atomic E-state index is 0.0784. The molecular weight excluding hydrogens is 472 g/mol. The number of ether oxygens (including phenoxy) is 1. The van der Waals surface area contributed by atoms with Crippen molar-refractivity contribution in [3.8, 4) is 5.95 Å². The standard InChI is InChI=1S/C23H29F2N9O2/c1-26-23(35)28-15-8-6-14(7-9-15)27-20-30-21(33-10-12-36-13-11-33)32-22(31-20)34-17-5-3-2-4-16(17)29-19(34)18(24)25/h2-5,14-15,18H,6-13H2,1H3,(H2,26,28,35)(H,27,30,31,32). The van der Waals surface area contributed by atoms with Crippen LogP contribution in [-0.4, -0.2) is 76.0 Å². The zero-order valence-corrected chi connectivity index (χ0v) is 20.0. The second-order valence-electron chi connectivity index (χ2n) is 8.87. The van der Waals surface area contributed by atoms with E-state index in [2.05, 4.69) is 35.9 Å². The summed E-state index contributed by atoms with van der Waals surface area (Å²) in [6.07, 6.45) is 0.417. The van der Waals surface area contributed by atoms with Crippen molar-refractivity contribution >= 4 is 29.0 Å². The number of carbonyl (C=O) groups excluding carboxylic acids is 1. The first-order valence-corrected chi connectivity index (χ1v) is 12.1. The molecule has 0 radical (unpaired) electrons. The van der Waals surface area contributed by atoms with Crippen LogP contribution in [0.2, 0.25) is 0 Å². The Morgan fingerprint density at radius 1 is 1.00 bits per heavy atom. The van der Waals surface area contributed by atoms with Gasteiger partial charge in [-0.05, 0) is 37.8 Å². The molecule has 11 nitrogen and oxygen atoms in total. The summed E-state index contributed by atoms with van der Waals surface area (Å²) in [6.45, 7) is 2.24. The number of para-hydroxylation sites is 2. The number of anilines is 2. The predicted molar refractivity (Wildman–Crippen MR) is 130 cm³/mol. The third kappa shape index (κ3) is 5.15. The van der Waals surface area contributed by atoms with Gasteiger partial charge in [0.1, 0.15) is 0 Å². The maximum Gasteiger partial charge on any atom is 0.314 e. The molecule has 1 aliphatic heterocycles. The van der Waals surface area contributed by atoms with Gasteiger partial charge in [0.2, 0.25) is 17.8 Å². The number of rotatable bonds is 6. The van der Waals surface area contributed by atoms with E-state index in [9.17, 15) is 13.6 Å². The highest BCUT2D eigenvalue weighted by Crippen LogP contribution is 2.28. The molecule has 1 aliphatic carbocycles. The van der Waals surface area contributed by atoms with Gasteiger partial charge in [0.25, 0.3) is 6.43 Å². The summed E-state index contributed by atoms with van der Waals surface area (Å²) in [6, 6.07) is 6.92. The zero-order valence-electron chi connectivity index (χ0n) is 20.0. The van der Waals surface area contributed by atoms with Crippen molar-refractivity contribution in [2.75, 3.05) is 43.6 Å². The lowest BCUT2D eigenvalue weighted by molar-refractivity contribution is 0.122. The van der Waals surface area contributed by atoms with E-state index in [0.717, 1.165) is 25.7 Å². The largest absolute Gasteiger partial charge is 0.378 e. The molecule has 1 saturated carbocycles. The van der Waals surface area contributed by atoms with Crippen LogP contribution in [0.15, 0.2) is 24.3 Å². The lowest BCUT2D eigenvalue weighted by Crippen LogP contribution is -2.44. The van der Waals surface area contributed by atoms with Crippen LogP contribution in [0.3, 0.4) is 0 Å². The van der Waals surface area contributed by atoms with Gasteiger partial charge in [-0.25, -0.2) is 18.6 Å². The van der Waals surface area contributed by atoms with Crippen molar-refractivity contribution in [3.63, 3.8) is 0 Å². The second kappa shape index (κ2) is 10.6. The average molecular weight is 502 g/mol. The van der Waals surface area contributed by atoms with Gasteiger partial charge in [-0.2, -0.15) is 15.0 Å². The fourth-order valence-corrected chi connectivity index (χ4v) is 4.65. The van der Waals surface area contributed by atoms with Gasteiger partial charge >= 0.3 is 6.03 Å². The maximum absolute atomic E-state index is 14.0. The van der Waals surface area contributed by atoms with Crippen LogP contribution in [0.4, 0.5) is 25.5 Å². The SMILES string of the molecule is CNC(=O)NC1CCC(Nc2nc(N3CCOCC3)nc(-n3c(C(F)F)nc4ccccc43)n2)CC1. The van der Waals surface area contributed by atoms with Crippen LogP contribution >= 0.6 is 0 Å². The van der Waals surface area contributed by atoms with Crippen molar-refractivity contribution in [1.29, 1.82) is 0 Å². The Balaban J connectivity index is 1.46. The number of hydrogen-bond donors (Lipinski definition) is 3. The number of hydrogen-bond acceptors (Lipinski definition) is 8. The number of benzene rings is 1. The highest BCUT2D eigenvalue weighted by atomic mass is 19.3. The summed E-state index contributed by atoms with van der Waals surface area (Å²) in [5, 5.41) is 8.90. The van der Waals surface area contributed by atoms with E-state index in [1.165, 1.54) is 4.57 Å². The number of morpholine rings is 1. The van der Waals surface area contributed by atoms with Gasteiger partial charge in [-0.15, -0.1) is 0 Å². The lowest BCUT2D eigenvalue weighted by atomic mass is 9.91. The summed E-state index contributed by atoms with van der Waals surface area (Å²) < 4.78 is 34.8. The number of aromatic nitrogens is 5. The lowest BCUT2D eigenvalue weighted by Gasteiger charge is -2.30. The number of carbonyl (C=O) groups is 1. The molecule has 2 aromatic heterocycles. The van der Waals surface area contributed by atoms with Gasteiger partial charge in [-0.1, -0.05) is 12.1 Å². The molecule has 1 aromatic carbocycles. The minimum atomic E-state index is -2.81. The summed E-state index contributed by atoms with van der Waals surface area (Å²) in [7, 11) is 1.59. The summed E-state index contributed by atoms with van der Waals surface area (Å²) >= 11 is 0. The Labute approximate surface area is 206 Å². The third-order valence-electron chi connectivity index (χ3n) is 6.51. The van der Waals surface area contributed by atoms with Crippen LogP contribution in [0.25, 0.3) is 17.0 Å². The fraction of sp³-hybridized carbons (Fsp3) is 0.522. The summed E-state index contributed by atoms with van der Waals surface area (Å²) in [5.74, 6) is 0.399. The number of alkyl halides is 2. The average Bonchev–Trinajstić information content (AvgIpc) is 3.30. The van der Waals surface area contributed by atoms with Gasteiger partial charge in [0.05, 0.1) is 24.2 Å². The van der Waals surface area contributed by atoms with Crippen LogP contribution in [0, 0.1) is 0 Å². The van der Waals surface area contributed by atoms with Gasteiger partial charge in [-0.3, -0.25) is 4.57 Å². The molecule has 3 aromatic rings. The smallest absolute Gasteiger partial charge is 0.314 e. The predicted octanol–water partition coefficient (Wildman–Crippen LogP) is 2.64. The van der Waals surface area contributed by atoms with Crippen molar-refractivity contribution in [1.82, 2.24) is 35.1 Å². The first kappa shape index (κ1) is 24.1. The first-order valence-electron chi connectivity index (χ1n) is 12.1. The molecule has 2 fully saturated rings. The van der Waals surface area contributed by atoms with E-state index in [1.807, 2.05) is 4.90 Å². The molecule has 3 N–H and O–H groups in total. The topological polar surface area (TPSA) is 122 Å². The van der Waals surface area contributed by atoms with Crippen molar-refractivity contribution < 1.29 is 18.3 Å². The second-order valence-corrected chi connectivity index (χ2v) is 8.87. The monoisotopic (exact) mass is 501 g/mol. The molecule has 2 amide bonds. The highest BCUT2D eigenvalue weighted by molar-refractivity contribution is 5.77. The Morgan fingerprint density at radius 3 is 2.42 bits per heavy atom. The van der Waals surface area contributed by atoms with Crippen molar-refractivity contribution in [2.45, 2.75) is 44.2 Å². The molecule has 1 saturated heterocycles. The van der Waals surface area contributed by atoms with Crippen LogP contribution in [0.1, 0.15) is 37.9 Å². The molecule has 0 bridgehead atoms. The molecule has 2 aliphatic rings. The molecule has 13 heteroatoms. The van der Waals surface area contributed by atoms with Gasteiger partial charge < -0.3 is 25.6 Å². The van der Waals surface area contributed by atoms with Crippen molar-refractivity contribution in [2.24, 2.45) is 0 Å². The normalized spacial score (nSPS) is 20.5. The number of fused-ring (bicyclic) bond motifs is 1. The molecular formula is C23H29F2N9O2. The number of nitrogens with one attached hydrogen (secondary N) is 3. The van der Waals surface area contributed by atoms with Crippen molar-refractivity contribution in [3.05, 3.63) is 30.1 Å². The Bertz CT molecular complexity index is 1210. The van der Waals surface area contributed by atoms with E-state index in [4.69, 9.17) is 4.74 Å². The van der Waals surface area contributed by atoms with E-state index >= 15 is 0 Å². The molecule has 192 valence electrons. The Kier molecular flexibility index (Phi) is 7.07. The number of halogens is 2. The zero-order chi connectivity index (χ0) is 25.1. The quantitative estimate of drug-likeness (QED) is 0.471. The van der Waals surface area contributed by atoms with E-state index < -0.39 is 12.2 Å². The number of imidazole rings is 1. The Morgan fingerprint density at radius 2 is 1.69 bits per heavy atom. The molecule has 0 spiro atoms. The molecule has 0 atom stereocenters. The highest BCUT2D eigenvalue weighted by Gasteiger charge is 2.26.